The molecule has 1 atom stereocenters. The van der Waals surface area contributed by atoms with Crippen molar-refractivity contribution in [2.75, 3.05) is 6.54 Å². The molecule has 4 fully saturated rings. The summed E-state index contributed by atoms with van der Waals surface area (Å²) in [4.78, 5) is 28.8. The highest BCUT2D eigenvalue weighted by atomic mass is 16.1. The fourth-order valence-electron chi connectivity index (χ4n) is 5.91. The van der Waals surface area contributed by atoms with E-state index < -0.39 is 0 Å². The lowest BCUT2D eigenvalue weighted by atomic mass is 9.47. The molecular weight excluding hydrogens is 276 g/mol. The van der Waals surface area contributed by atoms with Gasteiger partial charge in [-0.05, 0) is 74.5 Å². The molecule has 4 aliphatic rings. The van der Waals surface area contributed by atoms with Gasteiger partial charge >= 0.3 is 0 Å². The van der Waals surface area contributed by atoms with Gasteiger partial charge in [-0.15, -0.1) is 0 Å². The second-order valence-corrected chi connectivity index (χ2v) is 7.84. The van der Waals surface area contributed by atoms with Crippen molar-refractivity contribution in [1.82, 2.24) is 0 Å². The first-order valence-corrected chi connectivity index (χ1v) is 8.86. The highest BCUT2D eigenvalue weighted by Gasteiger charge is 2.54. The van der Waals surface area contributed by atoms with Crippen LogP contribution in [0.15, 0.2) is 9.98 Å². The lowest BCUT2D eigenvalue weighted by Crippen LogP contribution is -2.51. The molecule has 0 N–H and O–H groups in total. The highest BCUT2D eigenvalue weighted by molar-refractivity contribution is 5.34. The summed E-state index contributed by atoms with van der Waals surface area (Å²) < 4.78 is 0. The van der Waals surface area contributed by atoms with Crippen LogP contribution in [0, 0.1) is 23.2 Å². The maximum absolute atomic E-state index is 10.9. The zero-order valence-electron chi connectivity index (χ0n) is 13.3. The number of nitrogens with zero attached hydrogens (tertiary/aromatic N) is 2. The van der Waals surface area contributed by atoms with Crippen molar-refractivity contribution in [2.45, 2.75) is 70.3 Å². The smallest absolute Gasteiger partial charge is 0.211 e. The van der Waals surface area contributed by atoms with Crippen LogP contribution in [0.2, 0.25) is 0 Å². The van der Waals surface area contributed by atoms with Gasteiger partial charge in [0.1, 0.15) is 0 Å². The first-order valence-electron chi connectivity index (χ1n) is 8.86. The minimum absolute atomic E-state index is 0.174. The summed E-state index contributed by atoms with van der Waals surface area (Å²) in [5.41, 5.74) is 0.299. The summed E-state index contributed by atoms with van der Waals surface area (Å²) in [5.74, 6) is 2.66. The van der Waals surface area contributed by atoms with Gasteiger partial charge in [-0.3, -0.25) is 0 Å². The van der Waals surface area contributed by atoms with Crippen molar-refractivity contribution < 1.29 is 9.59 Å². The van der Waals surface area contributed by atoms with Gasteiger partial charge in [0.05, 0.1) is 12.6 Å². The molecule has 4 aliphatic carbocycles. The Hall–Kier alpha value is -1.24. The molecular formula is C18H26N2O2. The third-order valence-corrected chi connectivity index (χ3v) is 6.31. The Labute approximate surface area is 132 Å². The van der Waals surface area contributed by atoms with Crippen molar-refractivity contribution in [3.63, 3.8) is 0 Å². The van der Waals surface area contributed by atoms with Gasteiger partial charge in [0.2, 0.25) is 12.2 Å². The predicted molar refractivity (Wildman–Crippen MR) is 84.0 cm³/mol. The van der Waals surface area contributed by atoms with E-state index in [2.05, 4.69) is 9.98 Å². The lowest BCUT2D eigenvalue weighted by Gasteiger charge is -2.58. The zero-order chi connectivity index (χ0) is 15.4. The summed E-state index contributed by atoms with van der Waals surface area (Å²) in [6.45, 7) is 0.572. The monoisotopic (exact) mass is 302 g/mol. The molecule has 0 aromatic heterocycles. The van der Waals surface area contributed by atoms with Crippen LogP contribution in [0.1, 0.15) is 64.2 Å². The van der Waals surface area contributed by atoms with Crippen molar-refractivity contribution in [3.05, 3.63) is 0 Å². The standard InChI is InChI=1S/C18H26N2O2/c21-12-19-5-3-1-2-4-17(20-13-22)18-9-14-6-15(10-18)8-16(7-14)11-18/h14-17H,1-11H2. The Balaban J connectivity index is 1.59. The van der Waals surface area contributed by atoms with E-state index in [1.807, 2.05) is 6.08 Å². The second kappa shape index (κ2) is 6.89. The third kappa shape index (κ3) is 3.24. The number of unbranched alkanes of at least 4 members (excludes halogenated alkanes) is 2. The highest BCUT2D eigenvalue weighted by Crippen LogP contribution is 2.62. The zero-order valence-corrected chi connectivity index (χ0v) is 13.3. The SMILES string of the molecule is O=C=NCCCCCC(N=C=O)C12CC3CC(CC(C3)C1)C2. The minimum atomic E-state index is 0.174. The molecule has 4 nitrogen and oxygen atoms in total. The Bertz CT molecular complexity index is 454. The van der Waals surface area contributed by atoms with Gasteiger partial charge in [-0.25, -0.2) is 19.6 Å². The molecule has 0 heterocycles. The van der Waals surface area contributed by atoms with Crippen molar-refractivity contribution >= 4 is 12.2 Å². The van der Waals surface area contributed by atoms with Gasteiger partial charge < -0.3 is 0 Å². The van der Waals surface area contributed by atoms with Gasteiger partial charge in [0.25, 0.3) is 0 Å². The van der Waals surface area contributed by atoms with Gasteiger partial charge in [0.15, 0.2) is 0 Å². The summed E-state index contributed by atoms with van der Waals surface area (Å²) in [6, 6.07) is 0.174. The Kier molecular flexibility index (Phi) is 4.90. The van der Waals surface area contributed by atoms with E-state index in [0.717, 1.165) is 43.4 Å². The van der Waals surface area contributed by atoms with Crippen molar-refractivity contribution in [2.24, 2.45) is 33.2 Å². The first-order chi connectivity index (χ1) is 10.8. The van der Waals surface area contributed by atoms with E-state index in [1.54, 1.807) is 6.08 Å². The third-order valence-electron chi connectivity index (χ3n) is 6.31. The van der Waals surface area contributed by atoms with Crippen LogP contribution in [-0.4, -0.2) is 24.7 Å². The largest absolute Gasteiger partial charge is 0.235 e. The van der Waals surface area contributed by atoms with Crippen LogP contribution in [0.4, 0.5) is 0 Å². The Morgan fingerprint density at radius 3 is 2.09 bits per heavy atom. The van der Waals surface area contributed by atoms with Crippen molar-refractivity contribution in [1.29, 1.82) is 0 Å². The quantitative estimate of drug-likeness (QED) is 0.389. The molecule has 4 heteroatoms. The van der Waals surface area contributed by atoms with Gasteiger partial charge in [-0.1, -0.05) is 12.8 Å². The molecule has 4 saturated carbocycles. The molecule has 1 unspecified atom stereocenters. The number of hydrogen-bond donors (Lipinski definition) is 0. The number of rotatable bonds is 8. The van der Waals surface area contributed by atoms with Crippen LogP contribution in [0.25, 0.3) is 0 Å². The van der Waals surface area contributed by atoms with Crippen LogP contribution < -0.4 is 0 Å². The fraction of sp³-hybridized carbons (Fsp3) is 0.889. The molecule has 22 heavy (non-hydrogen) atoms. The number of hydrogen-bond acceptors (Lipinski definition) is 4. The molecule has 4 rings (SSSR count). The van der Waals surface area contributed by atoms with Gasteiger partial charge in [0, 0.05) is 0 Å². The molecule has 0 saturated heterocycles. The normalized spacial score (nSPS) is 36.5. The van der Waals surface area contributed by atoms with E-state index in [0.29, 0.717) is 12.0 Å². The Morgan fingerprint density at radius 1 is 0.909 bits per heavy atom. The van der Waals surface area contributed by atoms with Crippen LogP contribution >= 0.6 is 0 Å². The average Bonchev–Trinajstić information content (AvgIpc) is 2.48. The van der Waals surface area contributed by atoms with Crippen LogP contribution in [0.3, 0.4) is 0 Å². The van der Waals surface area contributed by atoms with E-state index >= 15 is 0 Å². The summed E-state index contributed by atoms with van der Waals surface area (Å²) in [5, 5.41) is 0. The maximum Gasteiger partial charge on any atom is 0.235 e. The molecule has 0 aliphatic heterocycles. The molecule has 120 valence electrons. The fourth-order valence-corrected chi connectivity index (χ4v) is 5.91. The Morgan fingerprint density at radius 2 is 1.55 bits per heavy atom. The minimum Gasteiger partial charge on any atom is -0.211 e. The van der Waals surface area contributed by atoms with E-state index in [4.69, 9.17) is 0 Å². The maximum atomic E-state index is 10.9. The predicted octanol–water partition coefficient (Wildman–Crippen LogP) is 3.80. The number of carbonyl (C=O) groups excluding carboxylic acids is 2. The van der Waals surface area contributed by atoms with Crippen LogP contribution in [-0.2, 0) is 9.59 Å². The second-order valence-electron chi connectivity index (χ2n) is 7.84. The van der Waals surface area contributed by atoms with Crippen molar-refractivity contribution in [3.8, 4) is 0 Å². The van der Waals surface area contributed by atoms with E-state index in [1.165, 1.54) is 38.5 Å². The topological polar surface area (TPSA) is 58.9 Å². The molecule has 0 aromatic rings. The summed E-state index contributed by atoms with van der Waals surface area (Å²) in [6.07, 6.45) is 15.6. The molecule has 4 bridgehead atoms. The summed E-state index contributed by atoms with van der Waals surface area (Å²) >= 11 is 0. The molecule has 0 aromatic carbocycles. The lowest BCUT2D eigenvalue weighted by molar-refractivity contribution is -0.0679. The van der Waals surface area contributed by atoms with E-state index in [-0.39, 0.29) is 6.04 Å². The first kappa shape index (κ1) is 15.6. The number of isocyanates is 2. The average molecular weight is 302 g/mol. The molecule has 0 radical (unpaired) electrons. The van der Waals surface area contributed by atoms with Crippen LogP contribution in [0.5, 0.6) is 0 Å². The number of aliphatic imine (C=N–C) groups is 2. The summed E-state index contributed by atoms with van der Waals surface area (Å²) in [7, 11) is 0. The van der Waals surface area contributed by atoms with E-state index in [9.17, 15) is 9.59 Å². The molecule has 0 spiro atoms. The van der Waals surface area contributed by atoms with Gasteiger partial charge in [-0.2, -0.15) is 0 Å². The molecule has 0 amide bonds.